The van der Waals surface area contributed by atoms with E-state index in [1.165, 1.54) is 12.1 Å². The number of nitrogens with zero attached hydrogens (tertiary/aromatic N) is 2. The van der Waals surface area contributed by atoms with Gasteiger partial charge in [-0.2, -0.15) is 0 Å². The van der Waals surface area contributed by atoms with Gasteiger partial charge in [0, 0.05) is 18.7 Å². The fraction of sp³-hybridized carbons (Fsp3) is 0.296. The highest BCUT2D eigenvalue weighted by atomic mass is 19.1. The zero-order valence-corrected chi connectivity index (χ0v) is 20.0. The van der Waals surface area contributed by atoms with Crippen LogP contribution in [0.2, 0.25) is 0 Å². The number of aromatic nitrogens is 1. The molecule has 1 aliphatic heterocycles. The summed E-state index contributed by atoms with van der Waals surface area (Å²) in [6.07, 6.45) is 2.00. The Morgan fingerprint density at radius 1 is 1.00 bits per heavy atom. The molecule has 1 fully saturated rings. The highest BCUT2D eigenvalue weighted by Gasteiger charge is 2.26. The van der Waals surface area contributed by atoms with Gasteiger partial charge >= 0.3 is 6.09 Å². The topological polar surface area (TPSA) is 83.6 Å². The lowest BCUT2D eigenvalue weighted by Gasteiger charge is -2.22. The van der Waals surface area contributed by atoms with Gasteiger partial charge in [0.15, 0.2) is 0 Å². The average Bonchev–Trinajstić information content (AvgIpc) is 3.27. The summed E-state index contributed by atoms with van der Waals surface area (Å²) in [5.41, 5.74) is 2.34. The van der Waals surface area contributed by atoms with E-state index in [4.69, 9.17) is 4.74 Å². The molecule has 2 amide bonds. The summed E-state index contributed by atoms with van der Waals surface area (Å²) < 4.78 is 18.4. The molecule has 1 aliphatic rings. The molecule has 2 heterocycles. The summed E-state index contributed by atoms with van der Waals surface area (Å²) in [6, 6.07) is 17.0. The van der Waals surface area contributed by atoms with Crippen molar-refractivity contribution in [2.75, 3.05) is 23.3 Å². The van der Waals surface area contributed by atoms with Gasteiger partial charge in [-0.3, -0.25) is 4.79 Å². The number of nitrogens with one attached hydrogen (secondary N) is 2. The summed E-state index contributed by atoms with van der Waals surface area (Å²) in [4.78, 5) is 31.2. The largest absolute Gasteiger partial charge is 0.444 e. The van der Waals surface area contributed by atoms with Crippen molar-refractivity contribution in [2.24, 2.45) is 0 Å². The van der Waals surface area contributed by atoms with Gasteiger partial charge in [-0.25, -0.2) is 14.2 Å². The Bertz CT molecular complexity index is 1170. The minimum absolute atomic E-state index is 0.0103. The smallest absolute Gasteiger partial charge is 0.407 e. The van der Waals surface area contributed by atoms with Crippen molar-refractivity contribution in [1.29, 1.82) is 0 Å². The average molecular weight is 477 g/mol. The molecule has 4 rings (SSSR count). The van der Waals surface area contributed by atoms with Crippen molar-refractivity contribution < 1.29 is 18.7 Å². The standard InChI is InChI=1S/C27H29FN4O3/c1-27(2,3)35-26(34)31-23-14-15-32(17-23)24-13-12-22(16-29-24)30-25(33)20-6-4-18(5-7-20)19-8-10-21(28)11-9-19/h4-13,16,23H,14-15,17H2,1-3H3,(H,30,33)(H,31,34). The van der Waals surface area contributed by atoms with Crippen LogP contribution in [0.4, 0.5) is 20.7 Å². The third-order valence-corrected chi connectivity index (χ3v) is 5.56. The van der Waals surface area contributed by atoms with Crippen LogP contribution in [0.25, 0.3) is 11.1 Å². The number of hydrogen-bond acceptors (Lipinski definition) is 5. The monoisotopic (exact) mass is 476 g/mol. The lowest BCUT2D eigenvalue weighted by Crippen LogP contribution is -2.40. The fourth-order valence-electron chi connectivity index (χ4n) is 3.87. The van der Waals surface area contributed by atoms with Crippen LogP contribution in [0.15, 0.2) is 66.9 Å². The number of benzene rings is 2. The predicted octanol–water partition coefficient (Wildman–Crippen LogP) is 5.24. The first-order chi connectivity index (χ1) is 16.7. The number of halogens is 1. The van der Waals surface area contributed by atoms with Crippen molar-refractivity contribution in [3.63, 3.8) is 0 Å². The molecule has 1 saturated heterocycles. The fourth-order valence-corrected chi connectivity index (χ4v) is 3.87. The van der Waals surface area contributed by atoms with E-state index in [-0.39, 0.29) is 17.8 Å². The number of hydrogen-bond donors (Lipinski definition) is 2. The summed E-state index contributed by atoms with van der Waals surface area (Å²) in [5.74, 6) is 0.250. The Kier molecular flexibility index (Phi) is 7.00. The SMILES string of the molecule is CC(C)(C)OC(=O)NC1CCN(c2ccc(NC(=O)c3ccc(-c4ccc(F)cc4)cc3)cn2)C1. The second kappa shape index (κ2) is 10.1. The van der Waals surface area contributed by atoms with E-state index in [0.717, 1.165) is 29.9 Å². The molecule has 35 heavy (non-hydrogen) atoms. The summed E-state index contributed by atoms with van der Waals surface area (Å²) in [7, 11) is 0. The highest BCUT2D eigenvalue weighted by molar-refractivity contribution is 6.04. The number of pyridine rings is 1. The molecule has 0 aliphatic carbocycles. The van der Waals surface area contributed by atoms with Gasteiger partial charge < -0.3 is 20.3 Å². The summed E-state index contributed by atoms with van der Waals surface area (Å²) in [5, 5.41) is 5.76. The van der Waals surface area contributed by atoms with Crippen molar-refractivity contribution >= 4 is 23.5 Å². The highest BCUT2D eigenvalue weighted by Crippen LogP contribution is 2.22. The molecule has 182 valence electrons. The van der Waals surface area contributed by atoms with Crippen LogP contribution in [-0.4, -0.2) is 41.7 Å². The zero-order valence-electron chi connectivity index (χ0n) is 20.0. The molecular weight excluding hydrogens is 447 g/mol. The van der Waals surface area contributed by atoms with Gasteiger partial charge in [-0.15, -0.1) is 0 Å². The van der Waals surface area contributed by atoms with E-state index >= 15 is 0 Å². The second-order valence-electron chi connectivity index (χ2n) is 9.52. The Balaban J connectivity index is 1.31. The number of amides is 2. The molecule has 2 aromatic carbocycles. The summed E-state index contributed by atoms with van der Waals surface area (Å²) in [6.45, 7) is 6.90. The summed E-state index contributed by atoms with van der Waals surface area (Å²) >= 11 is 0. The first-order valence-electron chi connectivity index (χ1n) is 11.5. The Labute approximate surface area is 204 Å². The van der Waals surface area contributed by atoms with Crippen LogP contribution in [0.1, 0.15) is 37.6 Å². The van der Waals surface area contributed by atoms with Gasteiger partial charge in [0.05, 0.1) is 17.9 Å². The maximum atomic E-state index is 13.1. The molecule has 2 N–H and O–H groups in total. The molecule has 0 radical (unpaired) electrons. The third kappa shape index (κ3) is 6.56. The lowest BCUT2D eigenvalue weighted by molar-refractivity contribution is 0.0509. The predicted molar refractivity (Wildman–Crippen MR) is 134 cm³/mol. The first-order valence-corrected chi connectivity index (χ1v) is 11.5. The Morgan fingerprint density at radius 2 is 1.66 bits per heavy atom. The first kappa shape index (κ1) is 24.2. The number of carbonyl (C=O) groups is 2. The Morgan fingerprint density at radius 3 is 2.26 bits per heavy atom. The molecule has 0 spiro atoms. The maximum absolute atomic E-state index is 13.1. The van der Waals surface area contributed by atoms with Gasteiger partial charge in [0.2, 0.25) is 0 Å². The molecule has 1 unspecified atom stereocenters. The van der Waals surface area contributed by atoms with E-state index in [1.54, 1.807) is 30.5 Å². The third-order valence-electron chi connectivity index (χ3n) is 5.56. The number of anilines is 2. The van der Waals surface area contributed by atoms with E-state index < -0.39 is 11.7 Å². The van der Waals surface area contributed by atoms with Crippen LogP contribution >= 0.6 is 0 Å². The van der Waals surface area contributed by atoms with Crippen LogP contribution < -0.4 is 15.5 Å². The quantitative estimate of drug-likeness (QED) is 0.526. The van der Waals surface area contributed by atoms with Gasteiger partial charge in [0.1, 0.15) is 17.2 Å². The zero-order chi connectivity index (χ0) is 25.0. The number of alkyl carbamates (subject to hydrolysis) is 1. The molecular formula is C27H29FN4O3. The molecule has 3 aromatic rings. The van der Waals surface area contributed by atoms with Gasteiger partial charge in [0.25, 0.3) is 5.91 Å². The van der Waals surface area contributed by atoms with E-state index in [9.17, 15) is 14.0 Å². The normalized spacial score (nSPS) is 15.5. The molecule has 0 saturated carbocycles. The Hall–Kier alpha value is -3.94. The maximum Gasteiger partial charge on any atom is 0.407 e. The van der Waals surface area contributed by atoms with Crippen molar-refractivity contribution in [1.82, 2.24) is 10.3 Å². The van der Waals surface area contributed by atoms with Crippen LogP contribution in [0.3, 0.4) is 0 Å². The minimum Gasteiger partial charge on any atom is -0.444 e. The van der Waals surface area contributed by atoms with Crippen molar-refractivity contribution in [3.8, 4) is 11.1 Å². The van der Waals surface area contributed by atoms with Crippen molar-refractivity contribution in [2.45, 2.75) is 38.8 Å². The molecule has 1 atom stereocenters. The van der Waals surface area contributed by atoms with Crippen molar-refractivity contribution in [3.05, 3.63) is 78.2 Å². The van der Waals surface area contributed by atoms with E-state index in [1.807, 2.05) is 45.0 Å². The molecule has 7 nitrogen and oxygen atoms in total. The van der Waals surface area contributed by atoms with E-state index in [0.29, 0.717) is 17.8 Å². The van der Waals surface area contributed by atoms with E-state index in [2.05, 4.69) is 20.5 Å². The van der Waals surface area contributed by atoms with Gasteiger partial charge in [-0.05, 0) is 74.7 Å². The molecule has 8 heteroatoms. The van der Waals surface area contributed by atoms with Crippen LogP contribution in [0, 0.1) is 5.82 Å². The number of ether oxygens (including phenoxy) is 1. The number of carbonyl (C=O) groups excluding carboxylic acids is 2. The minimum atomic E-state index is -0.533. The molecule has 0 bridgehead atoms. The second-order valence-corrected chi connectivity index (χ2v) is 9.52. The van der Waals surface area contributed by atoms with Crippen LogP contribution in [0.5, 0.6) is 0 Å². The number of rotatable bonds is 5. The molecule has 1 aromatic heterocycles. The lowest BCUT2D eigenvalue weighted by atomic mass is 10.0. The van der Waals surface area contributed by atoms with Crippen LogP contribution in [-0.2, 0) is 4.74 Å². The van der Waals surface area contributed by atoms with Gasteiger partial charge in [-0.1, -0.05) is 24.3 Å².